The maximum absolute atomic E-state index is 12.1. The first-order valence-electron chi connectivity index (χ1n) is 13.4. The lowest BCUT2D eigenvalue weighted by Gasteiger charge is -2.15. The highest BCUT2D eigenvalue weighted by atomic mass is 125. The van der Waals surface area contributed by atoms with E-state index in [1.165, 1.54) is 16.7 Å². The molecule has 0 heterocycles. The first kappa shape index (κ1) is 29.6. The number of aromatic hydroxyl groups is 2. The Morgan fingerprint density at radius 3 is 2.08 bits per heavy atom. The molecule has 38 heavy (non-hydrogen) atoms. The molecule has 6 heteroatoms. The molecule has 202 valence electrons. The van der Waals surface area contributed by atoms with Gasteiger partial charge in [0.25, 0.3) is 0 Å². The summed E-state index contributed by atoms with van der Waals surface area (Å²) in [5.41, 5.74) is 6.03. The van der Waals surface area contributed by atoms with E-state index in [1.807, 2.05) is 36.4 Å². The topological polar surface area (TPSA) is 78.8 Å². The van der Waals surface area contributed by atoms with Crippen LogP contribution in [0.2, 0.25) is 0 Å². The number of benzene rings is 3. The lowest BCUT2D eigenvalue weighted by molar-refractivity contribution is -0.121. The largest absolute Gasteiger partial charge is 0.508 e. The number of carbonyl (C=O) groups is 1. The van der Waals surface area contributed by atoms with Crippen LogP contribution in [0.5, 0.6) is 17.2 Å². The highest BCUT2D eigenvalue weighted by Gasteiger charge is 2.10. The van der Waals surface area contributed by atoms with Crippen molar-refractivity contribution in [3.63, 3.8) is 0 Å². The van der Waals surface area contributed by atoms with Gasteiger partial charge in [0, 0.05) is 13.0 Å². The molecule has 3 N–H and O–H groups in total. The number of hydrogen-bond donors (Lipinski definition) is 3. The molecule has 0 aliphatic heterocycles. The maximum Gasteiger partial charge on any atom is 0.220 e. The van der Waals surface area contributed by atoms with E-state index in [9.17, 15) is 15.0 Å². The lowest BCUT2D eigenvalue weighted by atomic mass is 9.91. The molecule has 0 fully saturated rings. The highest BCUT2D eigenvalue weighted by Crippen LogP contribution is 2.32. The zero-order valence-corrected chi connectivity index (χ0v) is 24.5. The number of ether oxygens (including phenoxy) is 1. The van der Waals surface area contributed by atoms with Crippen molar-refractivity contribution in [2.24, 2.45) is 0 Å². The quantitative estimate of drug-likeness (QED) is 0.0974. The minimum atomic E-state index is 0.0773. The molecule has 5 nitrogen and oxygen atoms in total. The van der Waals surface area contributed by atoms with Gasteiger partial charge in [-0.1, -0.05) is 44.2 Å². The first-order chi connectivity index (χ1) is 18.4. The number of unbranched alkanes of at least 4 members (excludes halogenated alkanes) is 2. The van der Waals surface area contributed by atoms with Crippen LogP contribution in [0.4, 0.5) is 0 Å². The van der Waals surface area contributed by atoms with Gasteiger partial charge in [-0.25, -0.2) is 0 Å². The Morgan fingerprint density at radius 1 is 0.842 bits per heavy atom. The Hall–Kier alpha value is -3.00. The normalized spacial score (nSPS) is 11.7. The molecule has 3 aromatic carbocycles. The van der Waals surface area contributed by atoms with Gasteiger partial charge in [0.05, 0.1) is 10.2 Å². The number of halogens is 1. The minimum absolute atomic E-state index is 0.0773. The number of amides is 1. The summed E-state index contributed by atoms with van der Waals surface area (Å²) in [4.78, 5) is 12.1. The molecule has 0 aliphatic rings. The highest BCUT2D eigenvalue weighted by molar-refractivity contribution is 14.1. The van der Waals surface area contributed by atoms with Gasteiger partial charge in [-0.05, 0) is 125 Å². The second-order valence-corrected chi connectivity index (χ2v) is 10.4. The van der Waals surface area contributed by atoms with Crippen molar-refractivity contribution in [3.8, 4) is 17.2 Å². The number of hydrogen-bond acceptors (Lipinski definition) is 4. The van der Waals surface area contributed by atoms with Crippen LogP contribution in [-0.4, -0.2) is 29.3 Å². The van der Waals surface area contributed by atoms with Gasteiger partial charge in [0.15, 0.2) is 0 Å². The summed E-state index contributed by atoms with van der Waals surface area (Å²) in [5, 5.41) is 22.2. The average Bonchev–Trinajstić information content (AvgIpc) is 2.92. The van der Waals surface area contributed by atoms with Crippen molar-refractivity contribution >= 4 is 39.6 Å². The molecule has 0 bridgehead atoms. The molecule has 3 rings (SSSR count). The van der Waals surface area contributed by atoms with Crippen molar-refractivity contribution in [2.45, 2.75) is 58.8 Å². The molecule has 3 aromatic rings. The third-order valence-corrected chi connectivity index (χ3v) is 7.42. The van der Waals surface area contributed by atoms with E-state index in [-0.39, 0.29) is 17.4 Å². The number of allylic oxidation sites excluding steroid dienone is 2. The van der Waals surface area contributed by atoms with Crippen LogP contribution < -0.4 is 10.1 Å². The fourth-order valence-electron chi connectivity index (χ4n) is 4.49. The van der Waals surface area contributed by atoms with Crippen molar-refractivity contribution in [2.75, 3.05) is 13.2 Å². The summed E-state index contributed by atoms with van der Waals surface area (Å²) in [6.07, 6.45) is 5.80. The van der Waals surface area contributed by atoms with Gasteiger partial charge in [-0.2, -0.15) is 0 Å². The Bertz CT molecular complexity index is 1200. The fraction of sp³-hybridized carbons (Fsp3) is 0.344. The molecule has 0 spiro atoms. The Balaban J connectivity index is 1.37. The van der Waals surface area contributed by atoms with Crippen molar-refractivity contribution in [1.29, 1.82) is 0 Å². The van der Waals surface area contributed by atoms with Crippen molar-refractivity contribution < 1.29 is 19.7 Å². The summed E-state index contributed by atoms with van der Waals surface area (Å²) in [6.45, 7) is 5.57. The number of rotatable bonds is 14. The first-order valence-corrected chi connectivity index (χ1v) is 14.5. The summed E-state index contributed by atoms with van der Waals surface area (Å²) >= 11 is 2.10. The van der Waals surface area contributed by atoms with Crippen molar-refractivity contribution in [3.05, 3.63) is 87.0 Å². The molecule has 0 unspecified atom stereocenters. The average molecular weight is 626 g/mol. The van der Waals surface area contributed by atoms with Crippen molar-refractivity contribution in [1.82, 2.24) is 5.32 Å². The smallest absolute Gasteiger partial charge is 0.220 e. The van der Waals surface area contributed by atoms with Gasteiger partial charge < -0.3 is 20.3 Å². The predicted octanol–water partition coefficient (Wildman–Crippen LogP) is 7.73. The molecule has 0 saturated carbocycles. The maximum atomic E-state index is 12.1. The van der Waals surface area contributed by atoms with E-state index < -0.39 is 0 Å². The third kappa shape index (κ3) is 9.08. The molecule has 0 radical (unpaired) electrons. The summed E-state index contributed by atoms with van der Waals surface area (Å²) in [7, 11) is 0. The number of carbonyl (C=O) groups excluding carboxylic acids is 1. The van der Waals surface area contributed by atoms with E-state index in [0.29, 0.717) is 19.6 Å². The van der Waals surface area contributed by atoms with E-state index >= 15 is 0 Å². The van der Waals surface area contributed by atoms with Gasteiger partial charge in [-0.3, -0.25) is 4.79 Å². The molecular weight excluding hydrogens is 587 g/mol. The molecule has 0 aromatic heterocycles. The monoisotopic (exact) mass is 625 g/mol. The molecule has 0 atom stereocenters. The SMILES string of the molecule is CC/C(=C(/CC)c1ccc(OCCCCCC(=O)NCCc2ccc(O)c([125I])c2)cc1)c1ccc(O)cc1. The van der Waals surface area contributed by atoms with Gasteiger partial charge in [0.1, 0.15) is 17.2 Å². The molecule has 0 saturated heterocycles. The van der Waals surface area contributed by atoms with Crippen LogP contribution in [0.1, 0.15) is 69.1 Å². The second kappa shape index (κ2) is 15.4. The minimum Gasteiger partial charge on any atom is -0.508 e. The van der Waals surface area contributed by atoms with Gasteiger partial charge in [-0.15, -0.1) is 0 Å². The number of phenolic OH excluding ortho intramolecular Hbond substituents is 2. The van der Waals surface area contributed by atoms with Gasteiger partial charge in [0.2, 0.25) is 5.91 Å². The zero-order chi connectivity index (χ0) is 27.3. The fourth-order valence-corrected chi connectivity index (χ4v) is 5.07. The van der Waals surface area contributed by atoms with E-state index in [2.05, 4.69) is 53.9 Å². The second-order valence-electron chi connectivity index (χ2n) is 9.28. The molecule has 0 aliphatic carbocycles. The summed E-state index contributed by atoms with van der Waals surface area (Å²) in [6, 6.07) is 21.2. The van der Waals surface area contributed by atoms with Crippen LogP contribution >= 0.6 is 22.6 Å². The number of nitrogens with one attached hydrogen (secondary N) is 1. The van der Waals surface area contributed by atoms with Crippen LogP contribution in [0.3, 0.4) is 0 Å². The zero-order valence-electron chi connectivity index (χ0n) is 22.3. The standard InChI is InChI=1S/C32H38INO4/c1-3-28(24-10-14-26(35)15-11-24)29(4-2)25-12-16-27(17-13-25)38-21-7-5-6-8-32(37)34-20-19-23-9-18-31(36)30(33)22-23/h9-18,22,35-36H,3-8,19-21H2,1-2H3,(H,34,37)/b29-28+/i33-2. The Kier molecular flexibility index (Phi) is 12.0. The van der Waals surface area contributed by atoms with Crippen LogP contribution in [-0.2, 0) is 11.2 Å². The molecule has 1 amide bonds. The Morgan fingerprint density at radius 2 is 1.47 bits per heavy atom. The van der Waals surface area contributed by atoms with E-state index in [4.69, 9.17) is 4.74 Å². The summed E-state index contributed by atoms with van der Waals surface area (Å²) < 4.78 is 6.76. The Labute approximate surface area is 240 Å². The van der Waals surface area contributed by atoms with Crippen LogP contribution in [0.15, 0.2) is 66.7 Å². The lowest BCUT2D eigenvalue weighted by Crippen LogP contribution is -2.25. The number of phenols is 2. The third-order valence-electron chi connectivity index (χ3n) is 6.55. The summed E-state index contributed by atoms with van der Waals surface area (Å²) in [5.74, 6) is 1.50. The van der Waals surface area contributed by atoms with Crippen LogP contribution in [0.25, 0.3) is 11.1 Å². The van der Waals surface area contributed by atoms with E-state index in [1.54, 1.807) is 18.2 Å². The van der Waals surface area contributed by atoms with E-state index in [0.717, 1.165) is 59.0 Å². The molecular formula is C32H38INO4. The van der Waals surface area contributed by atoms with Gasteiger partial charge >= 0.3 is 0 Å². The van der Waals surface area contributed by atoms with Crippen LogP contribution in [0, 0.1) is 3.57 Å². The predicted molar refractivity (Wildman–Crippen MR) is 163 cm³/mol.